The number of nitrogens with zero attached hydrogens (tertiary/aromatic N) is 2. The summed E-state index contributed by atoms with van der Waals surface area (Å²) in [6.45, 7) is 5.83. The Morgan fingerprint density at radius 3 is 2.49 bits per heavy atom. The molecule has 1 aliphatic heterocycles. The molecule has 1 N–H and O–H groups in total. The minimum Gasteiger partial charge on any atom is -0.494 e. The number of aliphatic imine (C=N–C) groups is 1. The smallest absolute Gasteiger partial charge is 0.247 e. The first-order valence-electron chi connectivity index (χ1n) is 11.8. The Morgan fingerprint density at radius 1 is 1.09 bits per heavy atom. The summed E-state index contributed by atoms with van der Waals surface area (Å²) >= 11 is 1.31. The molecule has 1 fully saturated rings. The quantitative estimate of drug-likeness (QED) is 0.283. The van der Waals surface area contributed by atoms with E-state index in [2.05, 4.69) is 10.3 Å². The first-order chi connectivity index (χ1) is 17.0. The average molecular weight is 500 g/mol. The van der Waals surface area contributed by atoms with Crippen LogP contribution in [0.3, 0.4) is 0 Å². The summed E-state index contributed by atoms with van der Waals surface area (Å²) in [5.41, 5.74) is 1.62. The van der Waals surface area contributed by atoms with E-state index in [9.17, 15) is 9.59 Å². The van der Waals surface area contributed by atoms with Gasteiger partial charge in [0.25, 0.3) is 0 Å². The number of hydrogen-bond acceptors (Lipinski definition) is 7. The minimum atomic E-state index is -0.516. The monoisotopic (exact) mass is 499 g/mol. The van der Waals surface area contributed by atoms with Gasteiger partial charge in [-0.15, -0.1) is 0 Å². The second-order valence-corrected chi connectivity index (χ2v) is 9.07. The molecule has 188 valence electrons. The molecule has 1 heterocycles. The van der Waals surface area contributed by atoms with Gasteiger partial charge in [0.1, 0.15) is 11.0 Å². The van der Waals surface area contributed by atoms with Crippen LogP contribution in [0, 0.1) is 0 Å². The maximum absolute atomic E-state index is 13.1. The van der Waals surface area contributed by atoms with Crippen molar-refractivity contribution in [2.75, 3.05) is 38.8 Å². The Hall–Kier alpha value is -3.20. The van der Waals surface area contributed by atoms with Gasteiger partial charge < -0.3 is 19.5 Å². The van der Waals surface area contributed by atoms with E-state index in [1.165, 1.54) is 16.7 Å². The van der Waals surface area contributed by atoms with Gasteiger partial charge in [-0.2, -0.15) is 0 Å². The lowest BCUT2D eigenvalue weighted by molar-refractivity contribution is -0.121. The predicted octanol–water partition coefficient (Wildman–Crippen LogP) is 4.07. The molecule has 2 aromatic rings. The van der Waals surface area contributed by atoms with Crippen molar-refractivity contribution >= 4 is 34.4 Å². The van der Waals surface area contributed by atoms with E-state index in [0.29, 0.717) is 48.5 Å². The number of thioether (sulfide) groups is 1. The van der Waals surface area contributed by atoms with Gasteiger partial charge in [0.15, 0.2) is 16.7 Å². The molecule has 0 bridgehead atoms. The van der Waals surface area contributed by atoms with Crippen molar-refractivity contribution in [1.29, 1.82) is 0 Å². The van der Waals surface area contributed by atoms with E-state index in [1.54, 1.807) is 38.5 Å². The molecule has 1 saturated heterocycles. The molecule has 0 unspecified atom stereocenters. The summed E-state index contributed by atoms with van der Waals surface area (Å²) < 4.78 is 16.2. The maximum atomic E-state index is 13.1. The Kier molecular flexibility index (Phi) is 9.84. The molecule has 0 aromatic heterocycles. The molecule has 35 heavy (non-hydrogen) atoms. The van der Waals surface area contributed by atoms with Crippen LogP contribution in [0.1, 0.15) is 32.3 Å². The molecule has 2 amide bonds. The molecule has 1 atom stereocenters. The van der Waals surface area contributed by atoms with E-state index in [-0.39, 0.29) is 18.2 Å². The third kappa shape index (κ3) is 6.91. The van der Waals surface area contributed by atoms with Crippen LogP contribution >= 0.6 is 11.8 Å². The fourth-order valence-electron chi connectivity index (χ4n) is 3.62. The normalized spacial score (nSPS) is 15.9. The highest BCUT2D eigenvalue weighted by atomic mass is 32.2. The lowest BCUT2D eigenvalue weighted by Crippen LogP contribution is -2.32. The molecular formula is C26H33N3O5S. The number of methoxy groups -OCH3 is 2. The predicted molar refractivity (Wildman–Crippen MR) is 140 cm³/mol. The first kappa shape index (κ1) is 26.4. The molecule has 0 aliphatic carbocycles. The van der Waals surface area contributed by atoms with E-state index >= 15 is 0 Å². The molecule has 0 radical (unpaired) electrons. The molecule has 0 saturated carbocycles. The number of anilines is 1. The number of imide groups is 1. The van der Waals surface area contributed by atoms with Gasteiger partial charge in [-0.1, -0.05) is 24.8 Å². The van der Waals surface area contributed by atoms with Gasteiger partial charge in [0, 0.05) is 19.5 Å². The Bertz CT molecular complexity index is 1040. The van der Waals surface area contributed by atoms with Crippen molar-refractivity contribution in [3.63, 3.8) is 0 Å². The van der Waals surface area contributed by atoms with Crippen molar-refractivity contribution < 1.29 is 23.8 Å². The highest BCUT2D eigenvalue weighted by Gasteiger charge is 2.40. The van der Waals surface area contributed by atoms with Crippen molar-refractivity contribution in [3.8, 4) is 17.2 Å². The number of amidine groups is 1. The first-order valence-corrected chi connectivity index (χ1v) is 12.6. The fraction of sp³-hybridized carbons (Fsp3) is 0.423. The third-order valence-electron chi connectivity index (χ3n) is 5.36. The molecule has 1 aliphatic rings. The van der Waals surface area contributed by atoms with Crippen molar-refractivity contribution in [2.45, 2.75) is 38.4 Å². The number of rotatable bonds is 11. The van der Waals surface area contributed by atoms with Crippen LogP contribution in [-0.2, 0) is 16.0 Å². The number of carbonyl (C=O) groups excluding carboxylic acids is 2. The van der Waals surface area contributed by atoms with Gasteiger partial charge in [-0.25, -0.2) is 4.90 Å². The largest absolute Gasteiger partial charge is 0.494 e. The Balaban J connectivity index is 1.63. The highest BCUT2D eigenvalue weighted by Crippen LogP contribution is 2.31. The topological polar surface area (TPSA) is 89.5 Å². The van der Waals surface area contributed by atoms with Gasteiger partial charge in [-0.05, 0) is 61.7 Å². The van der Waals surface area contributed by atoms with Gasteiger partial charge in [0.05, 0.1) is 26.5 Å². The summed E-state index contributed by atoms with van der Waals surface area (Å²) in [7, 11) is 3.21. The molecule has 9 heteroatoms. The summed E-state index contributed by atoms with van der Waals surface area (Å²) in [6, 6.07) is 12.8. The standard InChI is InChI=1S/C26H33N3O5S/c1-5-15-34-20-10-8-19(9-11-20)29-24(30)17-23(25(29)31)35-26(27-6-2)28-14-13-18-7-12-21(32-3)22(16-18)33-4/h7-12,16,23H,5-6,13-15,17H2,1-4H3,(H,27,28)/t23-/m1/s1. The van der Waals surface area contributed by atoms with E-state index in [0.717, 1.165) is 17.7 Å². The molecule has 0 spiro atoms. The third-order valence-corrected chi connectivity index (χ3v) is 6.51. The van der Waals surface area contributed by atoms with E-state index < -0.39 is 5.25 Å². The maximum Gasteiger partial charge on any atom is 0.247 e. The van der Waals surface area contributed by atoms with Crippen LogP contribution in [0.25, 0.3) is 0 Å². The van der Waals surface area contributed by atoms with Crippen LogP contribution in [0.5, 0.6) is 17.2 Å². The van der Waals surface area contributed by atoms with Crippen molar-refractivity contribution in [3.05, 3.63) is 48.0 Å². The summed E-state index contributed by atoms with van der Waals surface area (Å²) in [5.74, 6) is 1.64. The second-order valence-electron chi connectivity index (χ2n) is 7.88. The van der Waals surface area contributed by atoms with Gasteiger partial charge >= 0.3 is 0 Å². The van der Waals surface area contributed by atoms with Crippen LogP contribution in [0.4, 0.5) is 5.69 Å². The zero-order valence-corrected chi connectivity index (χ0v) is 21.5. The number of ether oxygens (including phenoxy) is 3. The molecule has 8 nitrogen and oxygen atoms in total. The molecular weight excluding hydrogens is 466 g/mol. The van der Waals surface area contributed by atoms with Crippen molar-refractivity contribution in [1.82, 2.24) is 5.32 Å². The zero-order chi connectivity index (χ0) is 25.2. The fourth-order valence-corrected chi connectivity index (χ4v) is 4.72. The van der Waals surface area contributed by atoms with E-state index in [4.69, 9.17) is 14.2 Å². The Morgan fingerprint density at radius 2 is 1.83 bits per heavy atom. The van der Waals surface area contributed by atoms with Crippen LogP contribution < -0.4 is 24.4 Å². The highest BCUT2D eigenvalue weighted by molar-refractivity contribution is 8.15. The van der Waals surface area contributed by atoms with Crippen LogP contribution in [0.15, 0.2) is 47.5 Å². The molecule has 2 aromatic carbocycles. The zero-order valence-electron chi connectivity index (χ0n) is 20.7. The Labute approximate surface area is 211 Å². The SMILES string of the molecule is CCCOc1ccc(N2C(=O)C[C@@H](SC(=NCCc3ccc(OC)c(OC)c3)NCC)C2=O)cc1. The van der Waals surface area contributed by atoms with Crippen LogP contribution in [0.2, 0.25) is 0 Å². The molecule has 3 rings (SSSR count). The number of amides is 2. The lowest BCUT2D eigenvalue weighted by Gasteiger charge is -2.16. The lowest BCUT2D eigenvalue weighted by atomic mass is 10.1. The minimum absolute atomic E-state index is 0.137. The van der Waals surface area contributed by atoms with E-state index in [1.807, 2.05) is 32.0 Å². The second kappa shape index (κ2) is 13.0. The average Bonchev–Trinajstić information content (AvgIpc) is 3.15. The summed E-state index contributed by atoms with van der Waals surface area (Å²) in [4.78, 5) is 31.7. The number of carbonyl (C=O) groups is 2. The van der Waals surface area contributed by atoms with Gasteiger partial charge in [0.2, 0.25) is 11.8 Å². The van der Waals surface area contributed by atoms with Crippen LogP contribution in [-0.4, -0.2) is 56.1 Å². The summed E-state index contributed by atoms with van der Waals surface area (Å²) in [6.07, 6.45) is 1.75. The van der Waals surface area contributed by atoms with Gasteiger partial charge in [-0.3, -0.25) is 14.6 Å². The van der Waals surface area contributed by atoms with Crippen molar-refractivity contribution in [2.24, 2.45) is 4.99 Å². The number of nitrogens with one attached hydrogen (secondary N) is 1. The number of hydrogen-bond donors (Lipinski definition) is 1. The number of benzene rings is 2. The summed E-state index contributed by atoms with van der Waals surface area (Å²) in [5, 5.41) is 3.36.